The molecule has 106 valence electrons. The van der Waals surface area contributed by atoms with Crippen LogP contribution >= 0.6 is 0 Å². The summed E-state index contributed by atoms with van der Waals surface area (Å²) in [5, 5.41) is 0. The van der Waals surface area contributed by atoms with E-state index in [1.807, 2.05) is 12.2 Å². The maximum Gasteiger partial charge on any atom is 0.0676 e. The smallest absolute Gasteiger partial charge is 0.0676 e. The Morgan fingerprint density at radius 1 is 0.864 bits per heavy atom. The zero-order valence-corrected chi connectivity index (χ0v) is 12.5. The van der Waals surface area contributed by atoms with Crippen LogP contribution in [0.5, 0.6) is 0 Å². The Labute approximate surface area is 131 Å². The number of benzene rings is 2. The summed E-state index contributed by atoms with van der Waals surface area (Å²) in [7, 11) is 0. The predicted molar refractivity (Wildman–Crippen MR) is 93.8 cm³/mol. The molecule has 2 aromatic rings. The summed E-state index contributed by atoms with van der Waals surface area (Å²) in [6.07, 6.45) is 9.35. The van der Waals surface area contributed by atoms with Crippen LogP contribution in [-0.4, -0.2) is 0 Å². The molecular formula is C22H18. The van der Waals surface area contributed by atoms with Gasteiger partial charge in [0.25, 0.3) is 0 Å². The van der Waals surface area contributed by atoms with Gasteiger partial charge in [0.2, 0.25) is 0 Å². The number of fused-ring (bicyclic) bond motifs is 5. The second kappa shape index (κ2) is 4.71. The van der Waals surface area contributed by atoms with Crippen LogP contribution in [0.15, 0.2) is 97.1 Å². The van der Waals surface area contributed by atoms with E-state index < -0.39 is 0 Å². The summed E-state index contributed by atoms with van der Waals surface area (Å²) >= 11 is 0. The average Bonchev–Trinajstić information content (AvgIpc) is 3.08. The third kappa shape index (κ3) is 1.42. The molecule has 0 aromatic heterocycles. The van der Waals surface area contributed by atoms with Crippen LogP contribution in [0, 0.1) is 0 Å². The molecule has 0 aliphatic heterocycles. The average molecular weight is 282 g/mol. The minimum atomic E-state index is -0.177. The molecule has 2 aliphatic carbocycles. The molecule has 0 fully saturated rings. The van der Waals surface area contributed by atoms with Crippen molar-refractivity contribution in [3.63, 3.8) is 0 Å². The molecule has 2 aromatic carbocycles. The fourth-order valence-corrected chi connectivity index (χ4v) is 4.18. The summed E-state index contributed by atoms with van der Waals surface area (Å²) in [4.78, 5) is 0. The predicted octanol–water partition coefficient (Wildman–Crippen LogP) is 5.58. The van der Waals surface area contributed by atoms with Gasteiger partial charge in [-0.15, -0.1) is 0 Å². The van der Waals surface area contributed by atoms with Crippen molar-refractivity contribution >= 4 is 0 Å². The topological polar surface area (TPSA) is 0 Å². The Morgan fingerprint density at radius 3 is 2.00 bits per heavy atom. The zero-order valence-electron chi connectivity index (χ0n) is 12.5. The maximum absolute atomic E-state index is 4.08. The highest BCUT2D eigenvalue weighted by atomic mass is 14.5. The van der Waals surface area contributed by atoms with Crippen molar-refractivity contribution < 1.29 is 0 Å². The summed E-state index contributed by atoms with van der Waals surface area (Å²) in [6.45, 7) is 8.00. The van der Waals surface area contributed by atoms with Crippen LogP contribution in [0.25, 0.3) is 11.1 Å². The standard InChI is InChI=1S/C22H18/c1-3-9-17-15-14-16(4-2)22(17)20-12-7-5-10-18(20)19-11-6-8-13-21(19)22/h3-14H,1-2,15H2/b17-9+. The largest absolute Gasteiger partial charge is 0.0991 e. The third-order valence-electron chi connectivity index (χ3n) is 4.95. The number of allylic oxidation sites excluding steroid dienone is 6. The fraction of sp³-hybridized carbons (Fsp3) is 0.0909. The minimum absolute atomic E-state index is 0.177. The Hall–Kier alpha value is -2.60. The van der Waals surface area contributed by atoms with E-state index in [1.165, 1.54) is 33.4 Å². The van der Waals surface area contributed by atoms with E-state index in [4.69, 9.17) is 0 Å². The van der Waals surface area contributed by atoms with Crippen LogP contribution in [-0.2, 0) is 5.41 Å². The van der Waals surface area contributed by atoms with E-state index in [2.05, 4.69) is 73.8 Å². The van der Waals surface area contributed by atoms with Crippen molar-refractivity contribution in [2.24, 2.45) is 0 Å². The lowest BCUT2D eigenvalue weighted by molar-refractivity contribution is 0.765. The summed E-state index contributed by atoms with van der Waals surface area (Å²) < 4.78 is 0. The lowest BCUT2D eigenvalue weighted by atomic mass is 9.70. The van der Waals surface area contributed by atoms with Gasteiger partial charge in [-0.25, -0.2) is 0 Å². The molecule has 0 heterocycles. The van der Waals surface area contributed by atoms with Crippen molar-refractivity contribution in [1.29, 1.82) is 0 Å². The molecule has 0 radical (unpaired) electrons. The lowest BCUT2D eigenvalue weighted by Gasteiger charge is -2.31. The highest BCUT2D eigenvalue weighted by Crippen LogP contribution is 2.59. The zero-order chi connectivity index (χ0) is 15.2. The summed E-state index contributed by atoms with van der Waals surface area (Å²) in [5.41, 5.74) is 7.91. The van der Waals surface area contributed by atoms with Crippen molar-refractivity contribution in [2.45, 2.75) is 11.8 Å². The van der Waals surface area contributed by atoms with Gasteiger partial charge in [0.1, 0.15) is 0 Å². The molecule has 0 unspecified atom stereocenters. The summed E-state index contributed by atoms with van der Waals surface area (Å²) in [6, 6.07) is 17.5. The van der Waals surface area contributed by atoms with E-state index in [1.54, 1.807) is 0 Å². The van der Waals surface area contributed by atoms with Crippen LogP contribution in [0.1, 0.15) is 17.5 Å². The molecule has 0 atom stereocenters. The normalized spacial score (nSPS) is 18.9. The highest BCUT2D eigenvalue weighted by molar-refractivity contribution is 5.87. The van der Waals surface area contributed by atoms with Crippen molar-refractivity contribution in [3.8, 4) is 11.1 Å². The monoisotopic (exact) mass is 282 g/mol. The van der Waals surface area contributed by atoms with E-state index in [9.17, 15) is 0 Å². The van der Waals surface area contributed by atoms with Gasteiger partial charge in [0.15, 0.2) is 0 Å². The lowest BCUT2D eigenvalue weighted by Crippen LogP contribution is -2.26. The van der Waals surface area contributed by atoms with Crippen LogP contribution < -0.4 is 0 Å². The maximum atomic E-state index is 4.08. The van der Waals surface area contributed by atoms with E-state index in [0.717, 1.165) is 6.42 Å². The molecule has 0 nitrogen and oxygen atoms in total. The van der Waals surface area contributed by atoms with Gasteiger partial charge in [-0.05, 0) is 39.8 Å². The van der Waals surface area contributed by atoms with Crippen molar-refractivity contribution in [2.75, 3.05) is 0 Å². The molecule has 0 saturated carbocycles. The van der Waals surface area contributed by atoms with Gasteiger partial charge in [-0.2, -0.15) is 0 Å². The Kier molecular flexibility index (Phi) is 2.80. The molecule has 1 spiro atoms. The van der Waals surface area contributed by atoms with Gasteiger partial charge in [0, 0.05) is 0 Å². The molecule has 2 aliphatic rings. The van der Waals surface area contributed by atoms with Crippen molar-refractivity contribution in [1.82, 2.24) is 0 Å². The molecule has 0 saturated heterocycles. The number of rotatable bonds is 2. The van der Waals surface area contributed by atoms with Gasteiger partial charge in [-0.1, -0.05) is 86.0 Å². The van der Waals surface area contributed by atoms with Gasteiger partial charge in [0.05, 0.1) is 5.41 Å². The first kappa shape index (κ1) is 13.1. The quantitative estimate of drug-likeness (QED) is 0.674. The number of hydrogen-bond donors (Lipinski definition) is 0. The molecule has 0 bridgehead atoms. The van der Waals surface area contributed by atoms with E-state index in [-0.39, 0.29) is 5.41 Å². The van der Waals surface area contributed by atoms with Crippen molar-refractivity contribution in [3.05, 3.63) is 108 Å². The summed E-state index contributed by atoms with van der Waals surface area (Å²) in [5.74, 6) is 0. The Bertz CT molecular complexity index is 800. The van der Waals surface area contributed by atoms with Gasteiger partial charge in [-0.3, -0.25) is 0 Å². The van der Waals surface area contributed by atoms with Crippen LogP contribution in [0.2, 0.25) is 0 Å². The Balaban J connectivity index is 2.17. The third-order valence-corrected chi connectivity index (χ3v) is 4.95. The van der Waals surface area contributed by atoms with Gasteiger partial charge >= 0.3 is 0 Å². The molecule has 22 heavy (non-hydrogen) atoms. The SMILES string of the molecule is C=C/C=C1\CC=C(C=C)C12c1ccccc1-c1ccccc12. The van der Waals surface area contributed by atoms with Gasteiger partial charge < -0.3 is 0 Å². The fourth-order valence-electron chi connectivity index (χ4n) is 4.18. The minimum Gasteiger partial charge on any atom is -0.0991 e. The van der Waals surface area contributed by atoms with E-state index >= 15 is 0 Å². The Morgan fingerprint density at radius 2 is 1.45 bits per heavy atom. The molecule has 0 N–H and O–H groups in total. The second-order valence-electron chi connectivity index (χ2n) is 5.84. The first-order valence-corrected chi connectivity index (χ1v) is 7.68. The first-order valence-electron chi connectivity index (χ1n) is 7.68. The van der Waals surface area contributed by atoms with Crippen LogP contribution in [0.4, 0.5) is 0 Å². The highest BCUT2D eigenvalue weighted by Gasteiger charge is 2.49. The molecule has 0 heteroatoms. The van der Waals surface area contributed by atoms with E-state index in [0.29, 0.717) is 0 Å². The molecule has 0 amide bonds. The number of hydrogen-bond acceptors (Lipinski definition) is 0. The first-order chi connectivity index (χ1) is 10.8. The molecular weight excluding hydrogens is 264 g/mol. The van der Waals surface area contributed by atoms with Crippen LogP contribution in [0.3, 0.4) is 0 Å². The molecule has 4 rings (SSSR count). The second-order valence-corrected chi connectivity index (χ2v) is 5.84.